The van der Waals surface area contributed by atoms with Crippen molar-refractivity contribution in [3.63, 3.8) is 0 Å². The summed E-state index contributed by atoms with van der Waals surface area (Å²) in [7, 11) is 3.06. The molecule has 1 aromatic carbocycles. The lowest BCUT2D eigenvalue weighted by Crippen LogP contribution is -2.44. The molecule has 0 N–H and O–H groups in total. The van der Waals surface area contributed by atoms with Crippen molar-refractivity contribution in [3.8, 4) is 0 Å². The molecule has 0 aliphatic carbocycles. The number of esters is 1. The first-order valence-corrected chi connectivity index (χ1v) is 6.68. The van der Waals surface area contributed by atoms with E-state index in [2.05, 4.69) is 0 Å². The van der Waals surface area contributed by atoms with Crippen molar-refractivity contribution < 1.29 is 23.9 Å². The summed E-state index contributed by atoms with van der Waals surface area (Å²) in [5.41, 5.74) is 0.521. The molecule has 1 aromatic rings. The standard InChI is InChI=1S/C15H16N2O5/c1-9(15(21)22-8-12(18)16(2)3)17-13(19)10-6-4-5-7-11(10)14(17)20/h4-7,9H,8H2,1-3H3/t9-/m1/s1. The molecule has 116 valence electrons. The van der Waals surface area contributed by atoms with Gasteiger partial charge in [-0.3, -0.25) is 19.3 Å². The van der Waals surface area contributed by atoms with Crippen molar-refractivity contribution >= 4 is 23.7 Å². The van der Waals surface area contributed by atoms with Gasteiger partial charge in [-0.25, -0.2) is 4.79 Å². The maximum atomic E-state index is 12.2. The number of hydrogen-bond acceptors (Lipinski definition) is 5. The number of carbonyl (C=O) groups excluding carboxylic acids is 4. The largest absolute Gasteiger partial charge is 0.454 e. The Kier molecular flexibility index (Phi) is 4.25. The van der Waals surface area contributed by atoms with E-state index < -0.39 is 30.4 Å². The van der Waals surface area contributed by atoms with Gasteiger partial charge in [0.05, 0.1) is 11.1 Å². The normalized spacial score (nSPS) is 14.6. The Bertz CT molecular complexity index is 618. The Balaban J connectivity index is 2.09. The van der Waals surface area contributed by atoms with Gasteiger partial charge >= 0.3 is 5.97 Å². The molecule has 0 bridgehead atoms. The summed E-state index contributed by atoms with van der Waals surface area (Å²) in [5.74, 6) is -2.26. The topological polar surface area (TPSA) is 84.0 Å². The fraction of sp³-hybridized carbons (Fsp3) is 0.333. The van der Waals surface area contributed by atoms with Crippen molar-refractivity contribution in [2.45, 2.75) is 13.0 Å². The average molecular weight is 304 g/mol. The summed E-state index contributed by atoms with van der Waals surface area (Å²) in [5, 5.41) is 0. The van der Waals surface area contributed by atoms with Crippen LogP contribution in [-0.2, 0) is 14.3 Å². The van der Waals surface area contributed by atoms with Crippen molar-refractivity contribution in [2.24, 2.45) is 0 Å². The number of fused-ring (bicyclic) bond motifs is 1. The minimum atomic E-state index is -1.10. The number of hydrogen-bond donors (Lipinski definition) is 0. The van der Waals surface area contributed by atoms with Crippen LogP contribution in [0.25, 0.3) is 0 Å². The summed E-state index contributed by atoms with van der Waals surface area (Å²) in [6, 6.07) is 5.26. The van der Waals surface area contributed by atoms with Gasteiger partial charge in [0.25, 0.3) is 17.7 Å². The van der Waals surface area contributed by atoms with E-state index in [0.29, 0.717) is 0 Å². The fourth-order valence-corrected chi connectivity index (χ4v) is 2.05. The van der Waals surface area contributed by atoms with E-state index in [4.69, 9.17) is 4.74 Å². The molecule has 0 unspecified atom stereocenters. The molecule has 0 aromatic heterocycles. The third-order valence-electron chi connectivity index (χ3n) is 3.39. The predicted octanol–water partition coefficient (Wildman–Crippen LogP) is 0.302. The Morgan fingerprint density at radius 3 is 2.09 bits per heavy atom. The van der Waals surface area contributed by atoms with Crippen molar-refractivity contribution in [3.05, 3.63) is 35.4 Å². The maximum Gasteiger partial charge on any atom is 0.329 e. The van der Waals surface area contributed by atoms with Crippen LogP contribution in [0.5, 0.6) is 0 Å². The molecular weight excluding hydrogens is 288 g/mol. The van der Waals surface area contributed by atoms with Crippen LogP contribution in [0.1, 0.15) is 27.6 Å². The highest BCUT2D eigenvalue weighted by Crippen LogP contribution is 2.24. The third kappa shape index (κ3) is 2.69. The van der Waals surface area contributed by atoms with Crippen LogP contribution in [0, 0.1) is 0 Å². The number of carbonyl (C=O) groups is 4. The lowest BCUT2D eigenvalue weighted by Gasteiger charge is -2.21. The van der Waals surface area contributed by atoms with Gasteiger partial charge in [-0.1, -0.05) is 12.1 Å². The molecular formula is C15H16N2O5. The second-order valence-electron chi connectivity index (χ2n) is 5.10. The van der Waals surface area contributed by atoms with Gasteiger partial charge in [-0.05, 0) is 19.1 Å². The molecule has 0 fully saturated rings. The summed E-state index contributed by atoms with van der Waals surface area (Å²) in [6.07, 6.45) is 0. The molecule has 0 saturated heterocycles. The molecule has 1 heterocycles. The lowest BCUT2D eigenvalue weighted by molar-refractivity contribution is -0.154. The van der Waals surface area contributed by atoms with Crippen LogP contribution in [0.15, 0.2) is 24.3 Å². The zero-order valence-electron chi connectivity index (χ0n) is 12.5. The van der Waals surface area contributed by atoms with Crippen molar-refractivity contribution in [1.29, 1.82) is 0 Å². The summed E-state index contributed by atoms with van der Waals surface area (Å²) < 4.78 is 4.86. The molecule has 22 heavy (non-hydrogen) atoms. The van der Waals surface area contributed by atoms with E-state index in [1.165, 1.54) is 38.1 Å². The predicted molar refractivity (Wildman–Crippen MR) is 76.1 cm³/mol. The van der Waals surface area contributed by atoms with Gasteiger partial charge in [-0.15, -0.1) is 0 Å². The summed E-state index contributed by atoms with van der Waals surface area (Å²) in [6.45, 7) is 0.962. The van der Waals surface area contributed by atoms with Gasteiger partial charge in [0.15, 0.2) is 6.61 Å². The van der Waals surface area contributed by atoms with Crippen molar-refractivity contribution in [1.82, 2.24) is 9.80 Å². The Hall–Kier alpha value is -2.70. The summed E-state index contributed by atoms with van der Waals surface area (Å²) in [4.78, 5) is 49.9. The second kappa shape index (κ2) is 5.97. The highest BCUT2D eigenvalue weighted by atomic mass is 16.5. The van der Waals surface area contributed by atoms with Crippen LogP contribution in [0.4, 0.5) is 0 Å². The minimum Gasteiger partial charge on any atom is -0.454 e. The molecule has 0 spiro atoms. The zero-order valence-corrected chi connectivity index (χ0v) is 12.5. The molecule has 0 saturated carbocycles. The van der Waals surface area contributed by atoms with Crippen LogP contribution >= 0.6 is 0 Å². The first kappa shape index (κ1) is 15.7. The van der Waals surface area contributed by atoms with E-state index >= 15 is 0 Å². The van der Waals surface area contributed by atoms with Crippen molar-refractivity contribution in [2.75, 3.05) is 20.7 Å². The quantitative estimate of drug-likeness (QED) is 0.590. The minimum absolute atomic E-state index is 0.261. The number of ether oxygens (including phenoxy) is 1. The first-order chi connectivity index (χ1) is 10.3. The second-order valence-corrected chi connectivity index (χ2v) is 5.10. The van der Waals surface area contributed by atoms with Crippen LogP contribution in [0.2, 0.25) is 0 Å². The monoisotopic (exact) mass is 304 g/mol. The van der Waals surface area contributed by atoms with E-state index in [1.807, 2.05) is 0 Å². The first-order valence-electron chi connectivity index (χ1n) is 6.68. The van der Waals surface area contributed by atoms with E-state index in [-0.39, 0.29) is 17.0 Å². The van der Waals surface area contributed by atoms with Gasteiger partial charge in [0.2, 0.25) is 0 Å². The van der Waals surface area contributed by atoms with Gasteiger partial charge in [0, 0.05) is 14.1 Å². The molecule has 1 aliphatic rings. The smallest absolute Gasteiger partial charge is 0.329 e. The number of rotatable bonds is 4. The highest BCUT2D eigenvalue weighted by Gasteiger charge is 2.41. The number of amides is 3. The Labute approximate surface area is 127 Å². The maximum absolute atomic E-state index is 12.2. The molecule has 1 atom stereocenters. The highest BCUT2D eigenvalue weighted by molar-refractivity contribution is 6.22. The lowest BCUT2D eigenvalue weighted by atomic mass is 10.1. The van der Waals surface area contributed by atoms with E-state index in [1.54, 1.807) is 12.1 Å². The SMILES string of the molecule is C[C@H](C(=O)OCC(=O)N(C)C)N1C(=O)c2ccccc2C1=O. The molecule has 7 nitrogen and oxygen atoms in total. The molecule has 7 heteroatoms. The van der Waals surface area contributed by atoms with Gasteiger partial charge < -0.3 is 9.64 Å². The molecule has 3 amide bonds. The van der Waals surface area contributed by atoms with Crippen LogP contribution in [0.3, 0.4) is 0 Å². The van der Waals surface area contributed by atoms with Crippen LogP contribution < -0.4 is 0 Å². The Morgan fingerprint density at radius 1 is 1.14 bits per heavy atom. The van der Waals surface area contributed by atoms with Gasteiger partial charge in [-0.2, -0.15) is 0 Å². The van der Waals surface area contributed by atoms with E-state index in [0.717, 1.165) is 4.90 Å². The number of nitrogens with zero attached hydrogens (tertiary/aromatic N) is 2. The number of imide groups is 1. The molecule has 1 aliphatic heterocycles. The third-order valence-corrected chi connectivity index (χ3v) is 3.39. The molecule has 0 radical (unpaired) electrons. The van der Waals surface area contributed by atoms with Gasteiger partial charge in [0.1, 0.15) is 6.04 Å². The van der Waals surface area contributed by atoms with E-state index in [9.17, 15) is 19.2 Å². The zero-order chi connectivity index (χ0) is 16.4. The summed E-state index contributed by atoms with van der Waals surface area (Å²) >= 11 is 0. The number of benzene rings is 1. The number of likely N-dealkylation sites (N-methyl/N-ethyl adjacent to an activating group) is 1. The fourth-order valence-electron chi connectivity index (χ4n) is 2.05. The van der Waals surface area contributed by atoms with Crippen LogP contribution in [-0.4, -0.2) is 60.2 Å². The average Bonchev–Trinajstić information content (AvgIpc) is 2.75. The molecule has 2 rings (SSSR count). The Morgan fingerprint density at radius 2 is 1.64 bits per heavy atom.